The van der Waals surface area contributed by atoms with Crippen molar-refractivity contribution in [2.45, 2.75) is 31.9 Å². The number of nitrogens with zero attached hydrogens (tertiary/aromatic N) is 1. The van der Waals surface area contributed by atoms with E-state index in [0.29, 0.717) is 16.3 Å². The van der Waals surface area contributed by atoms with E-state index >= 15 is 0 Å². The largest absolute Gasteiger partial charge is 0.484 e. The smallest absolute Gasteiger partial charge is 0.248 e. The predicted molar refractivity (Wildman–Crippen MR) is 94.7 cm³/mol. The summed E-state index contributed by atoms with van der Waals surface area (Å²) in [4.78, 5) is 13.7. The third-order valence-electron chi connectivity index (χ3n) is 4.90. The van der Waals surface area contributed by atoms with E-state index in [2.05, 4.69) is 4.90 Å². The lowest BCUT2D eigenvalue weighted by atomic mass is 10.1. The maximum atomic E-state index is 11.3. The zero-order chi connectivity index (χ0) is 17.4. The molecule has 0 saturated heterocycles. The molecule has 1 atom stereocenters. The predicted octanol–water partition coefficient (Wildman–Crippen LogP) is 3.77. The molecule has 6 heteroatoms. The number of primary amides is 1. The fourth-order valence-corrected chi connectivity index (χ4v) is 3.58. The normalized spacial score (nSPS) is 20.8. The van der Waals surface area contributed by atoms with Gasteiger partial charge in [-0.05, 0) is 43.0 Å². The summed E-state index contributed by atoms with van der Waals surface area (Å²) in [6, 6.07) is 6.86. The second kappa shape index (κ2) is 6.73. The third kappa shape index (κ3) is 3.67. The van der Waals surface area contributed by atoms with Crippen LogP contribution in [0, 0.1) is 5.92 Å². The number of carbonyl (C=O) groups excluding carboxylic acids is 1. The van der Waals surface area contributed by atoms with Crippen molar-refractivity contribution in [2.24, 2.45) is 11.7 Å². The summed E-state index contributed by atoms with van der Waals surface area (Å²) < 4.78 is 11.9. The molecule has 2 heterocycles. The summed E-state index contributed by atoms with van der Waals surface area (Å²) >= 11 is 6.27. The molecule has 2 aliphatic rings. The van der Waals surface area contributed by atoms with Crippen molar-refractivity contribution >= 4 is 17.5 Å². The lowest BCUT2D eigenvalue weighted by molar-refractivity contribution is 0.1000. The van der Waals surface area contributed by atoms with Gasteiger partial charge in [0.1, 0.15) is 17.6 Å². The van der Waals surface area contributed by atoms with Crippen LogP contribution in [0.2, 0.25) is 5.02 Å². The van der Waals surface area contributed by atoms with Gasteiger partial charge >= 0.3 is 0 Å². The van der Waals surface area contributed by atoms with Crippen LogP contribution in [0.1, 0.15) is 47.0 Å². The number of furan rings is 1. The molecule has 1 fully saturated rings. The van der Waals surface area contributed by atoms with Crippen molar-refractivity contribution in [1.82, 2.24) is 4.90 Å². The first kappa shape index (κ1) is 16.5. The van der Waals surface area contributed by atoms with Gasteiger partial charge < -0.3 is 14.9 Å². The van der Waals surface area contributed by atoms with E-state index in [0.717, 1.165) is 43.3 Å². The summed E-state index contributed by atoms with van der Waals surface area (Å²) in [7, 11) is 0. The molecule has 1 amide bonds. The zero-order valence-corrected chi connectivity index (χ0v) is 14.7. The molecule has 0 spiro atoms. The molecule has 132 valence electrons. The number of hydrogen-bond acceptors (Lipinski definition) is 4. The number of rotatable bonds is 5. The van der Waals surface area contributed by atoms with Gasteiger partial charge in [-0.25, -0.2) is 0 Å². The minimum Gasteiger partial charge on any atom is -0.484 e. The molecule has 25 heavy (non-hydrogen) atoms. The lowest BCUT2D eigenvalue weighted by Crippen LogP contribution is -2.26. The highest BCUT2D eigenvalue weighted by molar-refractivity contribution is 6.32. The molecule has 5 nitrogen and oxygen atoms in total. The number of halogens is 1. The van der Waals surface area contributed by atoms with Gasteiger partial charge in [-0.2, -0.15) is 0 Å². The fourth-order valence-electron chi connectivity index (χ4n) is 3.35. The Morgan fingerprint density at radius 2 is 2.16 bits per heavy atom. The Bertz CT molecular complexity index is 785. The third-order valence-corrected chi connectivity index (χ3v) is 5.20. The van der Waals surface area contributed by atoms with Crippen LogP contribution in [0.3, 0.4) is 0 Å². The molecule has 1 aromatic carbocycles. The Morgan fingerprint density at radius 1 is 1.32 bits per heavy atom. The molecular formula is C19H21ClN2O3. The zero-order valence-electron chi connectivity index (χ0n) is 13.9. The highest BCUT2D eigenvalue weighted by atomic mass is 35.5. The molecule has 2 N–H and O–H groups in total. The standard InChI is InChI=1S/C19H21ClN2O3/c20-15-9-13(19(21)23)3-4-17(15)25-16-5-7-22(10-12-1-2-12)11-18-14(16)6-8-24-18/h3-4,6,8-9,12,16H,1-2,5,7,10-11H2,(H2,21,23). The Hall–Kier alpha value is -1.98. The number of carbonyl (C=O) groups is 1. The van der Waals surface area contributed by atoms with Crippen LogP contribution >= 0.6 is 11.6 Å². The fraction of sp³-hybridized carbons (Fsp3) is 0.421. The summed E-state index contributed by atoms with van der Waals surface area (Å²) in [5, 5.41) is 0.389. The van der Waals surface area contributed by atoms with E-state index in [1.54, 1.807) is 24.5 Å². The van der Waals surface area contributed by atoms with Gasteiger partial charge in [-0.15, -0.1) is 0 Å². The summed E-state index contributed by atoms with van der Waals surface area (Å²) in [5.41, 5.74) is 6.74. The monoisotopic (exact) mass is 360 g/mol. The molecule has 0 radical (unpaired) electrons. The van der Waals surface area contributed by atoms with E-state index < -0.39 is 5.91 Å². The number of nitrogens with two attached hydrogens (primary N) is 1. The summed E-state index contributed by atoms with van der Waals surface area (Å²) in [5.74, 6) is 1.86. The van der Waals surface area contributed by atoms with Crippen LogP contribution in [0.15, 0.2) is 34.9 Å². The first-order chi connectivity index (χ1) is 12.1. The average Bonchev–Trinajstić information content (AvgIpc) is 3.31. The number of hydrogen-bond donors (Lipinski definition) is 1. The van der Waals surface area contributed by atoms with Crippen molar-refractivity contribution in [2.75, 3.05) is 13.1 Å². The van der Waals surface area contributed by atoms with Crippen LogP contribution in [-0.2, 0) is 6.54 Å². The SMILES string of the molecule is NC(=O)c1ccc(OC2CCN(CC3CC3)Cc3occc32)c(Cl)c1. The number of ether oxygens (including phenoxy) is 1. The highest BCUT2D eigenvalue weighted by Gasteiger charge is 2.30. The number of benzene rings is 1. The molecule has 4 rings (SSSR count). The van der Waals surface area contributed by atoms with E-state index in [1.807, 2.05) is 6.07 Å². The van der Waals surface area contributed by atoms with Crippen molar-refractivity contribution < 1.29 is 13.9 Å². The molecule has 1 unspecified atom stereocenters. The molecule has 0 bridgehead atoms. The Labute approximate surface area is 151 Å². The van der Waals surface area contributed by atoms with Gasteiger partial charge in [-0.3, -0.25) is 9.69 Å². The van der Waals surface area contributed by atoms with Crippen LogP contribution < -0.4 is 10.5 Å². The minimum atomic E-state index is -0.504. The molecule has 1 aliphatic heterocycles. The van der Waals surface area contributed by atoms with Gasteiger partial charge in [0.25, 0.3) is 0 Å². The molecule has 2 aromatic rings. The highest BCUT2D eigenvalue weighted by Crippen LogP contribution is 2.37. The van der Waals surface area contributed by atoms with E-state index in [1.165, 1.54) is 12.8 Å². The first-order valence-electron chi connectivity index (χ1n) is 8.65. The summed E-state index contributed by atoms with van der Waals surface area (Å²) in [6.45, 7) is 2.91. The average molecular weight is 361 g/mol. The summed E-state index contributed by atoms with van der Waals surface area (Å²) in [6.07, 6.45) is 5.15. The van der Waals surface area contributed by atoms with E-state index in [4.69, 9.17) is 26.5 Å². The van der Waals surface area contributed by atoms with Gasteiger partial charge in [0.2, 0.25) is 5.91 Å². The molecule has 1 saturated carbocycles. The second-order valence-electron chi connectivity index (χ2n) is 6.88. The maximum Gasteiger partial charge on any atom is 0.248 e. The Morgan fingerprint density at radius 3 is 2.88 bits per heavy atom. The first-order valence-corrected chi connectivity index (χ1v) is 9.02. The van der Waals surface area contributed by atoms with Crippen LogP contribution in [0.5, 0.6) is 5.75 Å². The molecule has 1 aliphatic carbocycles. The lowest BCUT2D eigenvalue weighted by Gasteiger charge is -2.20. The molecule has 1 aromatic heterocycles. The topological polar surface area (TPSA) is 68.7 Å². The van der Waals surface area contributed by atoms with Gasteiger partial charge in [0.05, 0.1) is 17.8 Å². The van der Waals surface area contributed by atoms with Crippen LogP contribution in [-0.4, -0.2) is 23.9 Å². The van der Waals surface area contributed by atoms with Gasteiger partial charge in [0, 0.05) is 30.6 Å². The quantitative estimate of drug-likeness (QED) is 0.881. The maximum absolute atomic E-state index is 11.3. The van der Waals surface area contributed by atoms with Crippen molar-refractivity contribution in [3.05, 3.63) is 52.4 Å². The van der Waals surface area contributed by atoms with Crippen LogP contribution in [0.4, 0.5) is 0 Å². The number of fused-ring (bicyclic) bond motifs is 1. The van der Waals surface area contributed by atoms with Crippen LogP contribution in [0.25, 0.3) is 0 Å². The van der Waals surface area contributed by atoms with E-state index in [-0.39, 0.29) is 6.10 Å². The minimum absolute atomic E-state index is 0.116. The van der Waals surface area contributed by atoms with Crippen molar-refractivity contribution in [3.63, 3.8) is 0 Å². The second-order valence-corrected chi connectivity index (χ2v) is 7.29. The van der Waals surface area contributed by atoms with Crippen molar-refractivity contribution in [1.29, 1.82) is 0 Å². The van der Waals surface area contributed by atoms with Gasteiger partial charge in [-0.1, -0.05) is 11.6 Å². The Balaban J connectivity index is 1.53. The van der Waals surface area contributed by atoms with E-state index in [9.17, 15) is 4.79 Å². The van der Waals surface area contributed by atoms with Gasteiger partial charge in [0.15, 0.2) is 0 Å². The number of amides is 1. The Kier molecular flexibility index (Phi) is 4.44. The molecular weight excluding hydrogens is 340 g/mol. The van der Waals surface area contributed by atoms with Crippen molar-refractivity contribution in [3.8, 4) is 5.75 Å².